The molecule has 8 heteroatoms. The highest BCUT2D eigenvalue weighted by molar-refractivity contribution is 5.97. The summed E-state index contributed by atoms with van der Waals surface area (Å²) in [4.78, 5) is 34.8. The van der Waals surface area contributed by atoms with E-state index in [4.69, 9.17) is 14.2 Å². The average Bonchev–Trinajstić information content (AvgIpc) is 3.11. The predicted molar refractivity (Wildman–Crippen MR) is 93.0 cm³/mol. The van der Waals surface area contributed by atoms with Crippen molar-refractivity contribution >= 4 is 17.9 Å². The van der Waals surface area contributed by atoms with Crippen molar-refractivity contribution in [3.63, 3.8) is 0 Å². The predicted octanol–water partition coefficient (Wildman–Crippen LogP) is 1.64. The van der Waals surface area contributed by atoms with Crippen molar-refractivity contribution in [2.45, 2.75) is 38.8 Å². The number of imide groups is 1. The zero-order valence-corrected chi connectivity index (χ0v) is 14.9. The molecule has 1 fully saturated rings. The van der Waals surface area contributed by atoms with E-state index in [2.05, 4.69) is 10.6 Å². The Bertz CT molecular complexity index is 623. The van der Waals surface area contributed by atoms with Crippen LogP contribution in [0.15, 0.2) is 24.3 Å². The molecule has 1 aliphatic rings. The van der Waals surface area contributed by atoms with Gasteiger partial charge in [-0.05, 0) is 51.0 Å². The summed E-state index contributed by atoms with van der Waals surface area (Å²) in [7, 11) is 0. The second-order valence-electron chi connectivity index (χ2n) is 6.22. The second-order valence-corrected chi connectivity index (χ2v) is 6.22. The van der Waals surface area contributed by atoms with Gasteiger partial charge in [0, 0.05) is 12.6 Å². The molecule has 142 valence electrons. The Morgan fingerprint density at radius 1 is 1.23 bits per heavy atom. The minimum Gasteiger partial charge on any atom is -0.491 e. The first-order chi connectivity index (χ1) is 12.4. The van der Waals surface area contributed by atoms with Crippen molar-refractivity contribution in [2.75, 3.05) is 19.8 Å². The van der Waals surface area contributed by atoms with Crippen LogP contribution >= 0.6 is 0 Å². The van der Waals surface area contributed by atoms with Crippen molar-refractivity contribution in [1.82, 2.24) is 10.6 Å². The summed E-state index contributed by atoms with van der Waals surface area (Å²) >= 11 is 0. The lowest BCUT2D eigenvalue weighted by Gasteiger charge is -2.12. The molecule has 0 bridgehead atoms. The molecule has 0 radical (unpaired) electrons. The molecular weight excluding hydrogens is 340 g/mol. The minimum atomic E-state index is -0.701. The van der Waals surface area contributed by atoms with Crippen LogP contribution in [0.2, 0.25) is 0 Å². The fourth-order valence-corrected chi connectivity index (χ4v) is 2.33. The first-order valence-electron chi connectivity index (χ1n) is 8.56. The van der Waals surface area contributed by atoms with E-state index < -0.39 is 24.5 Å². The van der Waals surface area contributed by atoms with Gasteiger partial charge in [-0.15, -0.1) is 0 Å². The van der Waals surface area contributed by atoms with Crippen molar-refractivity contribution in [3.8, 4) is 5.75 Å². The summed E-state index contributed by atoms with van der Waals surface area (Å²) in [6, 6.07) is 5.68. The van der Waals surface area contributed by atoms with E-state index in [1.807, 2.05) is 0 Å². The molecular formula is C18H24N2O6. The van der Waals surface area contributed by atoms with E-state index in [1.165, 1.54) is 0 Å². The number of ether oxygens (including phenoxy) is 3. The topological polar surface area (TPSA) is 103 Å². The average molecular weight is 364 g/mol. The lowest BCUT2D eigenvalue weighted by Crippen LogP contribution is -2.44. The number of carbonyl (C=O) groups is 3. The highest BCUT2D eigenvalue weighted by atomic mass is 16.5. The Labute approximate surface area is 152 Å². The standard InChI is InChI=1S/C18H24N2O6/c1-12(2)19-18(23)20-16(21)11-26-17(22)13-5-7-14(8-6-13)25-10-15-4-3-9-24-15/h5-8,12,15H,3-4,9-11H2,1-2H3,(H2,19,20,21,23)/t15-/m0/s1. The molecule has 0 spiro atoms. The van der Waals surface area contributed by atoms with Gasteiger partial charge in [0.1, 0.15) is 12.4 Å². The minimum absolute atomic E-state index is 0.105. The molecule has 1 heterocycles. The van der Waals surface area contributed by atoms with Crippen molar-refractivity contribution in [2.24, 2.45) is 0 Å². The van der Waals surface area contributed by atoms with Crippen LogP contribution in [0, 0.1) is 0 Å². The summed E-state index contributed by atoms with van der Waals surface area (Å²) in [5, 5.41) is 4.57. The van der Waals surface area contributed by atoms with Crippen LogP contribution in [0.5, 0.6) is 5.75 Å². The van der Waals surface area contributed by atoms with Gasteiger partial charge in [-0.3, -0.25) is 10.1 Å². The van der Waals surface area contributed by atoms with E-state index >= 15 is 0 Å². The summed E-state index contributed by atoms with van der Waals surface area (Å²) < 4.78 is 16.0. The van der Waals surface area contributed by atoms with Gasteiger partial charge in [-0.1, -0.05) is 0 Å². The van der Waals surface area contributed by atoms with Gasteiger partial charge in [0.25, 0.3) is 5.91 Å². The molecule has 0 aliphatic carbocycles. The lowest BCUT2D eigenvalue weighted by atomic mass is 10.2. The summed E-state index contributed by atoms with van der Waals surface area (Å²) in [6.07, 6.45) is 2.15. The van der Waals surface area contributed by atoms with Crippen LogP contribution in [0.25, 0.3) is 0 Å². The van der Waals surface area contributed by atoms with Crippen LogP contribution in [0.3, 0.4) is 0 Å². The van der Waals surface area contributed by atoms with E-state index in [9.17, 15) is 14.4 Å². The molecule has 1 aromatic rings. The number of carbonyl (C=O) groups excluding carboxylic acids is 3. The number of amides is 3. The molecule has 0 saturated carbocycles. The zero-order chi connectivity index (χ0) is 18.9. The van der Waals surface area contributed by atoms with Crippen LogP contribution in [-0.4, -0.2) is 49.9 Å². The third-order valence-electron chi connectivity index (χ3n) is 3.56. The molecule has 2 rings (SSSR count). The molecule has 3 amide bonds. The Kier molecular flexibility index (Phi) is 7.40. The van der Waals surface area contributed by atoms with Crippen molar-refractivity contribution in [3.05, 3.63) is 29.8 Å². The summed E-state index contributed by atoms with van der Waals surface area (Å²) in [6.45, 7) is 4.23. The normalized spacial score (nSPS) is 16.2. The monoisotopic (exact) mass is 364 g/mol. The first-order valence-corrected chi connectivity index (χ1v) is 8.56. The highest BCUT2D eigenvalue weighted by Crippen LogP contribution is 2.17. The smallest absolute Gasteiger partial charge is 0.338 e. The molecule has 1 saturated heterocycles. The quantitative estimate of drug-likeness (QED) is 0.713. The van der Waals surface area contributed by atoms with E-state index in [0.717, 1.165) is 19.4 Å². The van der Waals surface area contributed by atoms with E-state index in [-0.39, 0.29) is 17.7 Å². The van der Waals surface area contributed by atoms with Crippen LogP contribution in [0.4, 0.5) is 4.79 Å². The SMILES string of the molecule is CC(C)NC(=O)NC(=O)COC(=O)c1ccc(OC[C@@H]2CCCO2)cc1. The van der Waals surface area contributed by atoms with E-state index in [1.54, 1.807) is 38.1 Å². The number of esters is 1. The van der Waals surface area contributed by atoms with E-state index in [0.29, 0.717) is 12.4 Å². The Balaban J connectivity index is 1.73. The van der Waals surface area contributed by atoms with Crippen LogP contribution in [-0.2, 0) is 14.3 Å². The van der Waals surface area contributed by atoms with Gasteiger partial charge >= 0.3 is 12.0 Å². The second kappa shape index (κ2) is 9.76. The Morgan fingerprint density at radius 2 is 1.96 bits per heavy atom. The number of benzene rings is 1. The van der Waals surface area contributed by atoms with Gasteiger partial charge in [0.05, 0.1) is 11.7 Å². The van der Waals surface area contributed by atoms with Crippen LogP contribution < -0.4 is 15.4 Å². The van der Waals surface area contributed by atoms with Gasteiger partial charge in [-0.2, -0.15) is 0 Å². The maximum atomic E-state index is 11.9. The third-order valence-corrected chi connectivity index (χ3v) is 3.56. The molecule has 1 atom stereocenters. The van der Waals surface area contributed by atoms with Crippen molar-refractivity contribution in [1.29, 1.82) is 0 Å². The first kappa shape index (κ1) is 19.7. The van der Waals surface area contributed by atoms with Gasteiger partial charge in [0.15, 0.2) is 6.61 Å². The van der Waals surface area contributed by atoms with Gasteiger partial charge in [-0.25, -0.2) is 9.59 Å². The molecule has 8 nitrogen and oxygen atoms in total. The Morgan fingerprint density at radius 3 is 2.58 bits per heavy atom. The lowest BCUT2D eigenvalue weighted by molar-refractivity contribution is -0.123. The Hall–Kier alpha value is -2.61. The molecule has 1 aromatic carbocycles. The largest absolute Gasteiger partial charge is 0.491 e. The van der Waals surface area contributed by atoms with Gasteiger partial charge in [0.2, 0.25) is 0 Å². The number of rotatable bonds is 7. The summed E-state index contributed by atoms with van der Waals surface area (Å²) in [5.74, 6) is -0.733. The number of nitrogens with one attached hydrogen (secondary N) is 2. The fraction of sp³-hybridized carbons (Fsp3) is 0.500. The molecule has 26 heavy (non-hydrogen) atoms. The van der Waals surface area contributed by atoms with Gasteiger partial charge < -0.3 is 19.5 Å². The fourth-order valence-electron chi connectivity index (χ4n) is 2.33. The van der Waals surface area contributed by atoms with Crippen LogP contribution in [0.1, 0.15) is 37.0 Å². The number of urea groups is 1. The molecule has 0 aromatic heterocycles. The highest BCUT2D eigenvalue weighted by Gasteiger charge is 2.16. The third kappa shape index (κ3) is 6.72. The number of hydrogen-bond donors (Lipinski definition) is 2. The maximum absolute atomic E-state index is 11.9. The molecule has 1 aliphatic heterocycles. The van der Waals surface area contributed by atoms with Crippen molar-refractivity contribution < 1.29 is 28.6 Å². The molecule has 0 unspecified atom stereocenters. The zero-order valence-electron chi connectivity index (χ0n) is 14.9. The molecule has 2 N–H and O–H groups in total. The number of hydrogen-bond acceptors (Lipinski definition) is 6. The summed E-state index contributed by atoms with van der Waals surface area (Å²) in [5.41, 5.74) is 0.286. The maximum Gasteiger partial charge on any atom is 0.338 e.